The molecule has 3 heteroatoms. The largest absolute Gasteiger partial charge is 0.214 e. The highest BCUT2D eigenvalue weighted by molar-refractivity contribution is 5.62. The molecule has 0 N–H and O–H groups in total. The van der Waals surface area contributed by atoms with Gasteiger partial charge in [0.25, 0.3) is 0 Å². The number of nitrogens with zero attached hydrogens (tertiary/aromatic N) is 3. The van der Waals surface area contributed by atoms with Gasteiger partial charge in [0.1, 0.15) is 5.82 Å². The Bertz CT molecular complexity index is 586. The minimum absolute atomic E-state index is 0.696. The second kappa shape index (κ2) is 5.36. The molecule has 0 saturated heterocycles. The molecule has 0 fully saturated rings. The molecule has 1 aromatic heterocycles. The number of hydrogen-bond donors (Lipinski definition) is 0. The fourth-order valence-corrected chi connectivity index (χ4v) is 1.63. The van der Waals surface area contributed by atoms with Crippen LogP contribution in [0.4, 0.5) is 0 Å². The zero-order chi connectivity index (χ0) is 13.0. The van der Waals surface area contributed by atoms with Gasteiger partial charge in [-0.25, -0.2) is 15.0 Å². The quantitative estimate of drug-likeness (QED) is 0.767. The summed E-state index contributed by atoms with van der Waals surface area (Å²) in [6.45, 7) is 7.52. The maximum Gasteiger partial charge on any atom is 0.163 e. The van der Waals surface area contributed by atoms with Gasteiger partial charge in [0.05, 0.1) is 0 Å². The van der Waals surface area contributed by atoms with Gasteiger partial charge in [-0.3, -0.25) is 0 Å². The highest BCUT2D eigenvalue weighted by atomic mass is 15.0. The van der Waals surface area contributed by atoms with Crippen molar-refractivity contribution in [3.63, 3.8) is 0 Å². The molecule has 0 radical (unpaired) electrons. The van der Waals surface area contributed by atoms with Crippen molar-refractivity contribution in [2.24, 2.45) is 0 Å². The highest BCUT2D eigenvalue weighted by Gasteiger charge is 2.06. The van der Waals surface area contributed by atoms with Crippen LogP contribution in [0.3, 0.4) is 0 Å². The second-order valence-corrected chi connectivity index (χ2v) is 3.98. The van der Waals surface area contributed by atoms with Gasteiger partial charge in [-0.2, -0.15) is 0 Å². The molecule has 0 aliphatic carbocycles. The summed E-state index contributed by atoms with van der Waals surface area (Å²) in [5, 5.41) is 0. The van der Waals surface area contributed by atoms with Gasteiger partial charge in [0.15, 0.2) is 11.6 Å². The lowest BCUT2D eigenvalue weighted by molar-refractivity contribution is 0.959. The van der Waals surface area contributed by atoms with Crippen molar-refractivity contribution < 1.29 is 0 Å². The smallest absolute Gasteiger partial charge is 0.163 e. The average molecular weight is 237 g/mol. The van der Waals surface area contributed by atoms with E-state index in [0.717, 1.165) is 17.0 Å². The van der Waals surface area contributed by atoms with Gasteiger partial charge in [-0.1, -0.05) is 49.1 Å². The molecule has 3 nitrogen and oxygen atoms in total. The first-order chi connectivity index (χ1) is 8.70. The van der Waals surface area contributed by atoms with Gasteiger partial charge in [0, 0.05) is 5.56 Å². The summed E-state index contributed by atoms with van der Waals surface area (Å²) in [5.41, 5.74) is 1.98. The molecule has 0 aliphatic heterocycles. The van der Waals surface area contributed by atoms with Gasteiger partial charge in [0.2, 0.25) is 0 Å². The molecular formula is C15H15N3. The van der Waals surface area contributed by atoms with E-state index in [-0.39, 0.29) is 0 Å². The molecule has 0 amide bonds. The van der Waals surface area contributed by atoms with E-state index in [9.17, 15) is 0 Å². The third-order valence-electron chi connectivity index (χ3n) is 2.50. The lowest BCUT2D eigenvalue weighted by Crippen LogP contribution is -2.01. The number of aromatic nitrogens is 3. The fraction of sp³-hybridized carbons (Fsp3) is 0.133. The minimum atomic E-state index is 0.696. The van der Waals surface area contributed by atoms with Gasteiger partial charge >= 0.3 is 0 Å². The Balaban J connectivity index is 2.51. The van der Waals surface area contributed by atoms with E-state index >= 15 is 0 Å². The Labute approximate surface area is 107 Å². The van der Waals surface area contributed by atoms with Crippen LogP contribution in [0, 0.1) is 6.92 Å². The van der Waals surface area contributed by atoms with E-state index in [0.29, 0.717) is 11.6 Å². The van der Waals surface area contributed by atoms with E-state index in [2.05, 4.69) is 21.5 Å². The number of aryl methyl sites for hydroxylation is 1. The first kappa shape index (κ1) is 12.2. The van der Waals surface area contributed by atoms with Crippen LogP contribution in [0.1, 0.15) is 18.6 Å². The Kier molecular flexibility index (Phi) is 3.63. The van der Waals surface area contributed by atoms with Crippen molar-refractivity contribution in [2.45, 2.75) is 13.8 Å². The summed E-state index contributed by atoms with van der Waals surface area (Å²) >= 11 is 0. The molecule has 0 atom stereocenters. The van der Waals surface area contributed by atoms with Crippen LogP contribution in [0.25, 0.3) is 17.0 Å². The molecule has 0 aliphatic rings. The van der Waals surface area contributed by atoms with Crippen LogP contribution >= 0.6 is 0 Å². The average Bonchev–Trinajstić information content (AvgIpc) is 2.39. The first-order valence-electron chi connectivity index (χ1n) is 5.78. The monoisotopic (exact) mass is 237 g/mol. The maximum atomic E-state index is 4.48. The molecule has 90 valence electrons. The third kappa shape index (κ3) is 2.69. The molecular weight excluding hydrogens is 222 g/mol. The SMILES string of the molecule is C=C/C=C(\C)c1nc(C)nc(-c2ccccc2)n1. The Hall–Kier alpha value is -2.29. The van der Waals surface area contributed by atoms with Crippen LogP contribution in [0.15, 0.2) is 49.1 Å². The zero-order valence-corrected chi connectivity index (χ0v) is 10.6. The Morgan fingerprint density at radius 2 is 1.83 bits per heavy atom. The van der Waals surface area contributed by atoms with E-state index < -0.39 is 0 Å². The first-order valence-corrected chi connectivity index (χ1v) is 5.78. The summed E-state index contributed by atoms with van der Waals surface area (Å²) < 4.78 is 0. The molecule has 1 heterocycles. The standard InChI is InChI=1S/C15H15N3/c1-4-8-11(2)14-16-12(3)17-15(18-14)13-9-6-5-7-10-13/h4-10H,1H2,2-3H3/b11-8+. The summed E-state index contributed by atoms with van der Waals surface area (Å²) in [6.07, 6.45) is 3.63. The molecule has 1 aromatic carbocycles. The molecule has 2 rings (SSSR count). The Morgan fingerprint density at radius 1 is 1.11 bits per heavy atom. The summed E-state index contributed by atoms with van der Waals surface area (Å²) in [7, 11) is 0. The van der Waals surface area contributed by atoms with Crippen molar-refractivity contribution in [3.05, 3.63) is 60.7 Å². The van der Waals surface area contributed by atoms with E-state index in [4.69, 9.17) is 0 Å². The fourth-order valence-electron chi connectivity index (χ4n) is 1.63. The van der Waals surface area contributed by atoms with Crippen molar-refractivity contribution >= 4 is 5.57 Å². The lowest BCUT2D eigenvalue weighted by atomic mass is 10.2. The van der Waals surface area contributed by atoms with Gasteiger partial charge in [-0.05, 0) is 19.4 Å². The van der Waals surface area contributed by atoms with Crippen molar-refractivity contribution in [2.75, 3.05) is 0 Å². The Morgan fingerprint density at radius 3 is 2.50 bits per heavy atom. The summed E-state index contributed by atoms with van der Waals surface area (Å²) in [6, 6.07) is 9.90. The lowest BCUT2D eigenvalue weighted by Gasteiger charge is -2.05. The predicted octanol–water partition coefficient (Wildman–Crippen LogP) is 3.44. The summed E-state index contributed by atoms with van der Waals surface area (Å²) in [4.78, 5) is 13.2. The molecule has 18 heavy (non-hydrogen) atoms. The zero-order valence-electron chi connectivity index (χ0n) is 10.6. The topological polar surface area (TPSA) is 38.7 Å². The number of benzene rings is 1. The van der Waals surface area contributed by atoms with Crippen LogP contribution in [-0.2, 0) is 0 Å². The van der Waals surface area contributed by atoms with Crippen LogP contribution in [-0.4, -0.2) is 15.0 Å². The van der Waals surface area contributed by atoms with Crippen molar-refractivity contribution in [1.82, 2.24) is 15.0 Å². The van der Waals surface area contributed by atoms with Crippen LogP contribution in [0.5, 0.6) is 0 Å². The number of hydrogen-bond acceptors (Lipinski definition) is 3. The van der Waals surface area contributed by atoms with Crippen molar-refractivity contribution in [3.8, 4) is 11.4 Å². The maximum absolute atomic E-state index is 4.48. The molecule has 0 unspecified atom stereocenters. The third-order valence-corrected chi connectivity index (χ3v) is 2.50. The normalized spacial score (nSPS) is 11.3. The van der Waals surface area contributed by atoms with Gasteiger partial charge < -0.3 is 0 Å². The minimum Gasteiger partial charge on any atom is -0.214 e. The molecule has 0 saturated carbocycles. The van der Waals surface area contributed by atoms with E-state index in [1.807, 2.05) is 50.3 Å². The van der Waals surface area contributed by atoms with Crippen molar-refractivity contribution in [1.29, 1.82) is 0 Å². The van der Waals surface area contributed by atoms with Crippen LogP contribution in [0.2, 0.25) is 0 Å². The van der Waals surface area contributed by atoms with E-state index in [1.165, 1.54) is 0 Å². The van der Waals surface area contributed by atoms with E-state index in [1.54, 1.807) is 6.08 Å². The second-order valence-electron chi connectivity index (χ2n) is 3.98. The highest BCUT2D eigenvalue weighted by Crippen LogP contribution is 2.16. The van der Waals surface area contributed by atoms with Crippen LogP contribution < -0.4 is 0 Å². The number of rotatable bonds is 3. The van der Waals surface area contributed by atoms with Gasteiger partial charge in [-0.15, -0.1) is 0 Å². The number of allylic oxidation sites excluding steroid dienone is 3. The summed E-state index contributed by atoms with van der Waals surface area (Å²) in [5.74, 6) is 2.12. The molecule has 0 spiro atoms. The molecule has 2 aromatic rings. The predicted molar refractivity (Wildman–Crippen MR) is 73.8 cm³/mol. The molecule has 0 bridgehead atoms.